The minimum Gasteiger partial charge on any atom is -1.00 e. The van der Waals surface area contributed by atoms with Gasteiger partial charge in [-0.1, -0.05) is 48.5 Å². The molecule has 3 aliphatic rings. The minimum absolute atomic E-state index is 0. The van der Waals surface area contributed by atoms with Crippen LogP contribution in [0.1, 0.15) is 34.8 Å². The summed E-state index contributed by atoms with van der Waals surface area (Å²) in [6, 6.07) is 21.8. The predicted molar refractivity (Wildman–Crippen MR) is 134 cm³/mol. The number of rotatable bonds is 8. The van der Waals surface area contributed by atoms with Gasteiger partial charge in [0.05, 0.1) is 18.7 Å². The Labute approximate surface area is 226 Å². The van der Waals surface area contributed by atoms with E-state index in [1.165, 1.54) is 6.07 Å². The van der Waals surface area contributed by atoms with Crippen LogP contribution in [0, 0.1) is 11.7 Å². The smallest absolute Gasteiger partial charge is 0.333 e. The molecule has 0 amide bonds. The molecule has 2 atom stereocenters. The Morgan fingerprint density at radius 1 is 1.00 bits per heavy atom. The summed E-state index contributed by atoms with van der Waals surface area (Å²) in [5.41, 5.74) is 1.63. The third-order valence-electron chi connectivity index (χ3n) is 7.50. The lowest BCUT2D eigenvalue weighted by molar-refractivity contribution is -0.938. The molecule has 2 N–H and O–H groups in total. The summed E-state index contributed by atoms with van der Waals surface area (Å²) in [5, 5.41) is 13.4. The number of hydrogen-bond donors (Lipinski definition) is 2. The first-order chi connectivity index (χ1) is 17.4. The average Bonchev–Trinajstić information content (AvgIpc) is 2.90. The Balaban J connectivity index is 0.00000320. The zero-order valence-corrected chi connectivity index (χ0v) is 21.9. The summed E-state index contributed by atoms with van der Waals surface area (Å²) in [7, 11) is 0. The Hall–Kier alpha value is -3.23. The number of piperidine rings is 3. The number of benzene rings is 3. The van der Waals surface area contributed by atoms with Crippen LogP contribution in [0.15, 0.2) is 78.9 Å². The van der Waals surface area contributed by atoms with E-state index in [0.717, 1.165) is 49.3 Å². The molecule has 0 unspecified atom stereocenters. The summed E-state index contributed by atoms with van der Waals surface area (Å²) in [5.74, 6) is -1.17. The third kappa shape index (κ3) is 6.02. The van der Waals surface area contributed by atoms with Gasteiger partial charge < -0.3 is 36.6 Å². The van der Waals surface area contributed by atoms with E-state index in [0.29, 0.717) is 11.0 Å². The van der Waals surface area contributed by atoms with Crippen LogP contribution >= 0.6 is 0 Å². The minimum atomic E-state index is -0.664. The number of carbonyl (C=O) groups is 2. The fraction of sp³-hybridized carbons (Fsp3) is 0.310. The van der Waals surface area contributed by atoms with Gasteiger partial charge in [0.25, 0.3) is 0 Å². The second-order valence-electron chi connectivity index (χ2n) is 9.88. The highest BCUT2D eigenvalue weighted by atomic mass is 79.9. The molecule has 3 aromatic rings. The molecule has 194 valence electrons. The van der Waals surface area contributed by atoms with Crippen LogP contribution in [-0.2, 0) is 9.53 Å². The van der Waals surface area contributed by atoms with E-state index in [1.54, 1.807) is 0 Å². The number of anilines is 1. The first-order valence-electron chi connectivity index (χ1n) is 12.4. The van der Waals surface area contributed by atoms with Gasteiger partial charge in [-0.05, 0) is 35.9 Å². The molecule has 2 bridgehead atoms. The second-order valence-corrected chi connectivity index (χ2v) is 9.88. The van der Waals surface area contributed by atoms with Crippen LogP contribution in [0.2, 0.25) is 0 Å². The number of ketones is 1. The lowest BCUT2D eigenvalue weighted by atomic mass is 9.82. The zero-order valence-electron chi connectivity index (χ0n) is 20.4. The molecule has 3 aliphatic heterocycles. The summed E-state index contributed by atoms with van der Waals surface area (Å²) < 4.78 is 20.3. The van der Waals surface area contributed by atoms with Crippen molar-refractivity contribution in [2.24, 2.45) is 5.92 Å². The standard InChI is InChI=1S/C29H29FN2O4.BrH/c30-22-11-12-25(33)24(17-22)26(34)18-32-15-13-20(14-16-32)27(19-32)36-29(35)28(21-7-3-1-4-8-21)31-23-9-5-2-6-10-23;/h1-12,17,20,27-28,31H,13-16,18-19H2;1H/t20?,27-,28+,32?;/m0./s1. The SMILES string of the molecule is O=C(C[N+]12CCC(CC1)[C@@H](OC(=O)[C@H](Nc1ccccc1)c1ccccc1)C2)c1cc(F)ccc1O.[Br-]. The number of fused-ring (bicyclic) bond motifs is 3. The predicted octanol–water partition coefficient (Wildman–Crippen LogP) is 1.72. The molecular formula is C29H30BrFN2O4. The third-order valence-corrected chi connectivity index (χ3v) is 7.50. The van der Waals surface area contributed by atoms with Crippen molar-refractivity contribution in [2.45, 2.75) is 25.0 Å². The number of aromatic hydroxyl groups is 1. The van der Waals surface area contributed by atoms with Gasteiger partial charge in [-0.2, -0.15) is 0 Å². The molecule has 3 saturated heterocycles. The molecule has 37 heavy (non-hydrogen) atoms. The van der Waals surface area contributed by atoms with Crippen molar-refractivity contribution >= 4 is 17.4 Å². The topological polar surface area (TPSA) is 75.6 Å². The number of nitrogens with one attached hydrogen (secondary N) is 1. The van der Waals surface area contributed by atoms with Crippen molar-refractivity contribution in [1.29, 1.82) is 0 Å². The fourth-order valence-electron chi connectivity index (χ4n) is 5.54. The summed E-state index contributed by atoms with van der Waals surface area (Å²) in [4.78, 5) is 26.5. The van der Waals surface area contributed by atoms with Gasteiger partial charge in [0.1, 0.15) is 24.7 Å². The maximum absolute atomic E-state index is 13.7. The van der Waals surface area contributed by atoms with Gasteiger partial charge >= 0.3 is 5.97 Å². The lowest BCUT2D eigenvalue weighted by Crippen LogP contribution is -3.00. The largest absolute Gasteiger partial charge is 1.00 e. The number of esters is 1. The quantitative estimate of drug-likeness (QED) is 0.246. The van der Waals surface area contributed by atoms with E-state index >= 15 is 0 Å². The highest BCUT2D eigenvalue weighted by Crippen LogP contribution is 2.37. The van der Waals surface area contributed by atoms with E-state index in [2.05, 4.69) is 5.32 Å². The van der Waals surface area contributed by atoms with Crippen molar-refractivity contribution in [3.8, 4) is 5.75 Å². The van der Waals surface area contributed by atoms with Crippen LogP contribution in [-0.4, -0.2) is 53.6 Å². The fourth-order valence-corrected chi connectivity index (χ4v) is 5.54. The molecule has 0 spiro atoms. The number of phenols is 1. The van der Waals surface area contributed by atoms with Gasteiger partial charge in [0, 0.05) is 24.4 Å². The molecular weight excluding hydrogens is 539 g/mol. The highest BCUT2D eigenvalue weighted by Gasteiger charge is 2.49. The highest BCUT2D eigenvalue weighted by molar-refractivity contribution is 5.99. The Morgan fingerprint density at radius 3 is 2.32 bits per heavy atom. The van der Waals surface area contributed by atoms with Gasteiger partial charge in [0.2, 0.25) is 5.78 Å². The Morgan fingerprint density at radius 2 is 1.65 bits per heavy atom. The van der Waals surface area contributed by atoms with Crippen LogP contribution in [0.4, 0.5) is 10.1 Å². The van der Waals surface area contributed by atoms with Crippen molar-refractivity contribution in [3.05, 3.63) is 95.8 Å². The molecule has 0 radical (unpaired) electrons. The van der Waals surface area contributed by atoms with E-state index in [9.17, 15) is 19.1 Å². The number of quaternary nitrogens is 1. The maximum Gasteiger partial charge on any atom is 0.333 e. The maximum atomic E-state index is 13.7. The second kappa shape index (κ2) is 11.4. The number of ether oxygens (including phenoxy) is 1. The van der Waals surface area contributed by atoms with Crippen molar-refractivity contribution < 1.29 is 45.3 Å². The molecule has 3 fully saturated rings. The van der Waals surface area contributed by atoms with E-state index in [4.69, 9.17) is 4.74 Å². The van der Waals surface area contributed by atoms with Gasteiger partial charge in [0.15, 0.2) is 12.1 Å². The van der Waals surface area contributed by atoms with Gasteiger partial charge in [-0.25, -0.2) is 9.18 Å². The van der Waals surface area contributed by atoms with E-state index in [-0.39, 0.29) is 58.6 Å². The molecule has 0 aromatic heterocycles. The molecule has 3 heterocycles. The van der Waals surface area contributed by atoms with Crippen LogP contribution in [0.3, 0.4) is 0 Å². The van der Waals surface area contributed by atoms with Gasteiger partial charge in [-0.15, -0.1) is 0 Å². The van der Waals surface area contributed by atoms with Gasteiger partial charge in [-0.3, -0.25) is 4.79 Å². The Kier molecular flexibility index (Phi) is 8.29. The first kappa shape index (κ1) is 26.8. The van der Waals surface area contributed by atoms with E-state index in [1.807, 2.05) is 60.7 Å². The number of halogens is 2. The summed E-state index contributed by atoms with van der Waals surface area (Å²) in [6.07, 6.45) is 1.39. The molecule has 0 saturated carbocycles. The van der Waals surface area contributed by atoms with Crippen molar-refractivity contribution in [1.82, 2.24) is 0 Å². The van der Waals surface area contributed by atoms with Crippen molar-refractivity contribution in [2.75, 3.05) is 31.5 Å². The molecule has 6 rings (SSSR count). The number of Topliss-reactive ketones (excluding diaryl/α,β-unsaturated/α-hetero) is 1. The summed E-state index contributed by atoms with van der Waals surface area (Å²) in [6.45, 7) is 2.27. The first-order valence-corrected chi connectivity index (χ1v) is 12.4. The van der Waals surface area contributed by atoms with Crippen LogP contribution in [0.25, 0.3) is 0 Å². The lowest BCUT2D eigenvalue weighted by Gasteiger charge is -2.51. The normalized spacial score (nSPS) is 22.9. The number of hydrogen-bond acceptors (Lipinski definition) is 5. The Bertz CT molecular complexity index is 1230. The van der Waals surface area contributed by atoms with Crippen molar-refractivity contribution in [3.63, 3.8) is 0 Å². The molecule has 6 nitrogen and oxygen atoms in total. The average molecular weight is 569 g/mol. The number of para-hydroxylation sites is 1. The summed E-state index contributed by atoms with van der Waals surface area (Å²) >= 11 is 0. The molecule has 8 heteroatoms. The monoisotopic (exact) mass is 568 g/mol. The van der Waals surface area contributed by atoms with Crippen LogP contribution < -0.4 is 22.3 Å². The van der Waals surface area contributed by atoms with Crippen LogP contribution in [0.5, 0.6) is 5.75 Å². The number of carbonyl (C=O) groups excluding carboxylic acids is 2. The van der Waals surface area contributed by atoms with E-state index < -0.39 is 11.9 Å². The number of nitrogens with zero attached hydrogens (tertiary/aromatic N) is 1. The number of phenolic OH excluding ortho intramolecular Hbond substituents is 1. The zero-order chi connectivity index (χ0) is 25.1. The molecule has 0 aliphatic carbocycles. The molecule has 3 aromatic carbocycles.